The molecule has 14 heteroatoms. The Morgan fingerprint density at radius 1 is 0.964 bits per heavy atom. The summed E-state index contributed by atoms with van der Waals surface area (Å²) in [6.45, 7) is 5.75. The summed E-state index contributed by atoms with van der Waals surface area (Å²) in [6, 6.07) is 8.02. The van der Waals surface area contributed by atoms with E-state index >= 15 is 0 Å². The number of carbonyl (C=O) groups is 4. The highest BCUT2D eigenvalue weighted by Crippen LogP contribution is 2.58. The minimum Gasteiger partial charge on any atom is -0.496 e. The molecule has 1 spiro atoms. The second-order valence-corrected chi connectivity index (χ2v) is 20.5. The minimum atomic E-state index is -3.87. The Labute approximate surface area is 329 Å². The molecule has 3 N–H and O–H groups in total. The summed E-state index contributed by atoms with van der Waals surface area (Å²) in [6.07, 6.45) is 8.14. The number of ether oxygens (including phenoxy) is 3. The van der Waals surface area contributed by atoms with Crippen molar-refractivity contribution < 1.29 is 41.8 Å². The summed E-state index contributed by atoms with van der Waals surface area (Å²) < 4.78 is 46.0. The van der Waals surface area contributed by atoms with Gasteiger partial charge in [0, 0.05) is 13.5 Å². The van der Waals surface area contributed by atoms with Crippen molar-refractivity contribution in [3.8, 4) is 5.75 Å². The Hall–Kier alpha value is -3.91. The largest absolute Gasteiger partial charge is 0.496 e. The summed E-state index contributed by atoms with van der Waals surface area (Å²) in [5, 5.41) is 7.20. The first kappa shape index (κ1) is 38.9. The van der Waals surface area contributed by atoms with Gasteiger partial charge in [0.15, 0.2) is 0 Å². The van der Waals surface area contributed by atoms with E-state index in [1.807, 2.05) is 39.0 Å². The van der Waals surface area contributed by atoms with Gasteiger partial charge in [-0.05, 0) is 133 Å². The van der Waals surface area contributed by atoms with Crippen molar-refractivity contribution >= 4 is 44.6 Å². The lowest BCUT2D eigenvalue weighted by atomic mass is 9.85. The summed E-state index contributed by atoms with van der Waals surface area (Å²) in [4.78, 5) is 58.4. The molecule has 56 heavy (non-hydrogen) atoms. The number of rotatable bonds is 8. The van der Waals surface area contributed by atoms with E-state index in [0.29, 0.717) is 19.3 Å². The summed E-state index contributed by atoms with van der Waals surface area (Å²) in [5.74, 6) is -0.951. The number of amides is 4. The maximum Gasteiger partial charge on any atom is 0.407 e. The Morgan fingerprint density at radius 2 is 1.71 bits per heavy atom. The van der Waals surface area contributed by atoms with E-state index in [4.69, 9.17) is 14.2 Å². The van der Waals surface area contributed by atoms with Crippen molar-refractivity contribution in [3.63, 3.8) is 0 Å². The molecule has 2 aliphatic heterocycles. The lowest BCUT2D eigenvalue weighted by Crippen LogP contribution is -2.60. The molecule has 1 saturated heterocycles. The van der Waals surface area contributed by atoms with Crippen molar-refractivity contribution in [2.24, 2.45) is 22.7 Å². The molecule has 0 unspecified atom stereocenters. The topological polar surface area (TPSA) is 169 Å². The van der Waals surface area contributed by atoms with Crippen LogP contribution in [-0.2, 0) is 45.9 Å². The van der Waals surface area contributed by atoms with E-state index in [-0.39, 0.29) is 36.8 Å². The Kier molecular flexibility index (Phi) is 9.65. The third kappa shape index (κ3) is 7.36. The quantitative estimate of drug-likeness (QED) is 0.339. The van der Waals surface area contributed by atoms with Crippen LogP contribution in [0, 0.1) is 22.7 Å². The van der Waals surface area contributed by atoms with Crippen LogP contribution in [-0.4, -0.2) is 87.4 Å². The molecule has 13 nitrogen and oxygen atoms in total. The normalized spacial score (nSPS) is 30.6. The average molecular weight is 793 g/mol. The number of methoxy groups -OCH3 is 2. The van der Waals surface area contributed by atoms with Gasteiger partial charge in [0.25, 0.3) is 5.91 Å². The van der Waals surface area contributed by atoms with Crippen LogP contribution < -0.4 is 20.1 Å². The molecule has 2 aromatic carbocycles. The number of sulfonamides is 1. The van der Waals surface area contributed by atoms with Crippen LogP contribution in [0.2, 0.25) is 0 Å². The average Bonchev–Trinajstić information content (AvgIpc) is 3.94. The van der Waals surface area contributed by atoms with Crippen molar-refractivity contribution in [2.45, 2.75) is 126 Å². The molecule has 304 valence electrons. The molecule has 4 aliphatic carbocycles. The lowest BCUT2D eigenvalue weighted by Gasteiger charge is -2.36. The van der Waals surface area contributed by atoms with Gasteiger partial charge in [-0.25, -0.2) is 13.2 Å². The molecule has 0 aromatic heterocycles. The smallest absolute Gasteiger partial charge is 0.407 e. The minimum absolute atomic E-state index is 0.0118. The van der Waals surface area contributed by atoms with E-state index in [1.165, 1.54) is 4.90 Å². The number of nitrogens with one attached hydrogen (secondary N) is 3. The number of nitrogens with zero attached hydrogens (tertiary/aromatic N) is 1. The SMILES string of the molecule is COc1cc2ccc3cc2cc1CCCC1(CCOC(=O)N[C@@H](C(C)(C)C)C(=O)N2C[C@@]3(OC)C[C@H]2C(=O)N[C@]2(C(=O)NS(=O)(=O)C3CC3)C[C@H]2C2CC2)CC1. The van der Waals surface area contributed by atoms with Crippen LogP contribution in [0.3, 0.4) is 0 Å². The molecule has 4 amide bonds. The number of carbonyl (C=O) groups excluding carboxylic acids is 4. The number of fused-ring (bicyclic) bond motifs is 5. The maximum atomic E-state index is 14.9. The van der Waals surface area contributed by atoms with Gasteiger partial charge in [0.05, 0.1) is 25.5 Å². The van der Waals surface area contributed by atoms with Gasteiger partial charge in [0.1, 0.15) is 29.0 Å². The summed E-state index contributed by atoms with van der Waals surface area (Å²) in [7, 11) is -0.622. The van der Waals surface area contributed by atoms with Crippen molar-refractivity contribution in [3.05, 3.63) is 41.5 Å². The van der Waals surface area contributed by atoms with Crippen molar-refractivity contribution in [1.29, 1.82) is 0 Å². The fourth-order valence-corrected chi connectivity index (χ4v) is 10.8. The number of cyclic esters (lactones) is 1. The summed E-state index contributed by atoms with van der Waals surface area (Å²) >= 11 is 0. The van der Waals surface area contributed by atoms with Crippen LogP contribution in [0.15, 0.2) is 30.3 Å². The molecule has 8 rings (SSSR count). The molecule has 5 atom stereocenters. The molecule has 6 aliphatic rings. The maximum absolute atomic E-state index is 14.9. The van der Waals surface area contributed by atoms with E-state index < -0.39 is 67.7 Å². The monoisotopic (exact) mass is 792 g/mol. The number of hydrogen-bond donors (Lipinski definition) is 3. The van der Waals surface area contributed by atoms with E-state index in [1.54, 1.807) is 14.2 Å². The first-order valence-corrected chi connectivity index (χ1v) is 21.8. The van der Waals surface area contributed by atoms with E-state index in [0.717, 1.165) is 79.0 Å². The first-order valence-electron chi connectivity index (χ1n) is 20.3. The number of aryl methyl sites for hydroxylation is 1. The zero-order chi connectivity index (χ0) is 39.8. The molecule has 5 fully saturated rings. The Bertz CT molecular complexity index is 2050. The van der Waals surface area contributed by atoms with Gasteiger partial charge in [0.2, 0.25) is 21.8 Å². The molecular weight excluding hydrogens is 737 g/mol. The van der Waals surface area contributed by atoms with Gasteiger partial charge < -0.3 is 29.7 Å². The predicted octanol–water partition coefficient (Wildman–Crippen LogP) is 4.83. The highest BCUT2D eigenvalue weighted by Gasteiger charge is 2.67. The van der Waals surface area contributed by atoms with Crippen LogP contribution >= 0.6 is 0 Å². The molecule has 5 bridgehead atoms. The predicted molar refractivity (Wildman–Crippen MR) is 208 cm³/mol. The van der Waals surface area contributed by atoms with Crippen LogP contribution in [0.25, 0.3) is 10.8 Å². The third-order valence-corrected chi connectivity index (χ3v) is 15.4. The van der Waals surface area contributed by atoms with Crippen LogP contribution in [0.4, 0.5) is 4.79 Å². The van der Waals surface area contributed by atoms with E-state index in [2.05, 4.69) is 27.5 Å². The molecule has 0 radical (unpaired) electrons. The third-order valence-electron chi connectivity index (χ3n) is 13.6. The van der Waals surface area contributed by atoms with Crippen molar-refractivity contribution in [1.82, 2.24) is 20.3 Å². The zero-order valence-corrected chi connectivity index (χ0v) is 34.0. The fourth-order valence-electron chi connectivity index (χ4n) is 9.40. The fraction of sp³-hybridized carbons (Fsp3) is 0.667. The number of hydrogen-bond acceptors (Lipinski definition) is 9. The van der Waals surface area contributed by atoms with Gasteiger partial charge in [-0.2, -0.15) is 0 Å². The highest BCUT2D eigenvalue weighted by molar-refractivity contribution is 7.91. The Morgan fingerprint density at radius 3 is 2.36 bits per heavy atom. The van der Waals surface area contributed by atoms with Gasteiger partial charge in [-0.15, -0.1) is 0 Å². The lowest BCUT2D eigenvalue weighted by molar-refractivity contribution is -0.143. The van der Waals surface area contributed by atoms with Crippen LogP contribution in [0.5, 0.6) is 5.75 Å². The van der Waals surface area contributed by atoms with Gasteiger partial charge >= 0.3 is 6.09 Å². The molecule has 2 aromatic rings. The first-order chi connectivity index (χ1) is 26.5. The number of alkyl carbamates (subject to hydrolysis) is 1. The summed E-state index contributed by atoms with van der Waals surface area (Å²) in [5.41, 5.74) is -1.33. The second-order valence-electron chi connectivity index (χ2n) is 18.6. The van der Waals surface area contributed by atoms with Crippen LogP contribution in [0.1, 0.15) is 103 Å². The molecular formula is C42H56N4O9S. The second kappa shape index (κ2) is 13.9. The highest BCUT2D eigenvalue weighted by atomic mass is 32.2. The van der Waals surface area contributed by atoms with Gasteiger partial charge in [-0.1, -0.05) is 32.9 Å². The zero-order valence-electron chi connectivity index (χ0n) is 33.2. The Balaban J connectivity index is 1.17. The standard InChI is InChI=1S/C42H56N4O9S/c1-39(2,3)34-36(48)46-24-41(54-5,23-32(46)35(47)44-42(22-31(42)25-8-9-25)37(49)45-56(51,52)30-12-13-30)29-11-10-26-21-33(53-4)27(19-28(26)20-29)7-6-14-40(15-16-40)17-18-55-38(50)43-34/h10-11,19-21,25,30-32,34H,6-9,12-18,22-24H2,1-5H3,(H,43,50)(H,44,47)(H,45,49)/t31-,32-,34+,41-,42+/m0/s1. The van der Waals surface area contributed by atoms with Gasteiger partial charge in [-0.3, -0.25) is 19.1 Å². The number of benzene rings is 2. The van der Waals surface area contributed by atoms with E-state index in [9.17, 15) is 27.6 Å². The van der Waals surface area contributed by atoms with Crippen molar-refractivity contribution in [2.75, 3.05) is 27.4 Å². The molecule has 4 saturated carbocycles. The molecule has 2 heterocycles.